The van der Waals surface area contributed by atoms with Crippen molar-refractivity contribution in [2.45, 2.75) is 38.9 Å². The van der Waals surface area contributed by atoms with Crippen molar-refractivity contribution in [1.29, 1.82) is 0 Å². The topological polar surface area (TPSA) is 71.4 Å². The number of carbonyl (C=O) groups is 1. The van der Waals surface area contributed by atoms with Gasteiger partial charge in [0.25, 0.3) is 10.1 Å². The van der Waals surface area contributed by atoms with E-state index in [0.29, 0.717) is 6.42 Å². The zero-order valence-corrected chi connectivity index (χ0v) is 9.97. The van der Waals surface area contributed by atoms with Gasteiger partial charge in [0.1, 0.15) is 5.25 Å². The second-order valence-electron chi connectivity index (χ2n) is 5.50. The van der Waals surface area contributed by atoms with Crippen molar-refractivity contribution in [3.63, 3.8) is 0 Å². The van der Waals surface area contributed by atoms with Crippen molar-refractivity contribution in [2.75, 3.05) is 0 Å². The van der Waals surface area contributed by atoms with Crippen molar-refractivity contribution in [3.8, 4) is 0 Å². The molecule has 86 valence electrons. The van der Waals surface area contributed by atoms with Gasteiger partial charge in [0, 0.05) is 5.41 Å². The molecule has 0 aliphatic heterocycles. The summed E-state index contributed by atoms with van der Waals surface area (Å²) in [6, 6.07) is 0. The van der Waals surface area contributed by atoms with Gasteiger partial charge in [0.05, 0.1) is 0 Å². The van der Waals surface area contributed by atoms with E-state index in [4.69, 9.17) is 4.55 Å². The lowest BCUT2D eigenvalue weighted by Gasteiger charge is -2.32. The highest BCUT2D eigenvalue weighted by molar-refractivity contribution is 7.87. The molecule has 2 rings (SSSR count). The molecule has 2 bridgehead atoms. The molecule has 0 aromatic rings. The van der Waals surface area contributed by atoms with Crippen molar-refractivity contribution < 1.29 is 17.8 Å². The largest absolute Gasteiger partial charge is 0.297 e. The summed E-state index contributed by atoms with van der Waals surface area (Å²) in [5, 5.41) is -1.19. The molecule has 5 heteroatoms. The van der Waals surface area contributed by atoms with Crippen LogP contribution in [0.15, 0.2) is 0 Å². The first-order valence-corrected chi connectivity index (χ1v) is 6.63. The van der Waals surface area contributed by atoms with Gasteiger partial charge in [-0.15, -0.1) is 0 Å². The van der Waals surface area contributed by atoms with Crippen LogP contribution in [-0.4, -0.2) is 24.0 Å². The number of Topliss-reactive ketones (excluding diaryl/α,β-unsaturated/α-hetero) is 1. The highest BCUT2D eigenvalue weighted by atomic mass is 32.2. The zero-order chi connectivity index (χ0) is 11.6. The van der Waals surface area contributed by atoms with Crippen molar-refractivity contribution >= 4 is 15.9 Å². The van der Waals surface area contributed by atoms with Gasteiger partial charge in [0.15, 0.2) is 5.78 Å². The minimum atomic E-state index is -4.24. The molecule has 2 fully saturated rings. The summed E-state index contributed by atoms with van der Waals surface area (Å²) in [4.78, 5) is 12.0. The third-order valence-electron chi connectivity index (χ3n) is 4.79. The molecule has 4 nitrogen and oxygen atoms in total. The molecular weight excluding hydrogens is 216 g/mol. The van der Waals surface area contributed by atoms with Crippen LogP contribution in [0.3, 0.4) is 0 Å². The van der Waals surface area contributed by atoms with Gasteiger partial charge in [-0.1, -0.05) is 20.8 Å². The molecule has 0 aromatic carbocycles. The molecule has 0 aromatic heterocycles. The van der Waals surface area contributed by atoms with Crippen LogP contribution in [0.25, 0.3) is 0 Å². The fourth-order valence-corrected chi connectivity index (χ4v) is 4.77. The normalized spacial score (nSPS) is 43.6. The number of carbonyl (C=O) groups excluding carboxylic acids is 1. The maximum absolute atomic E-state index is 12.0. The fraction of sp³-hybridized carbons (Fsp3) is 0.900. The summed E-state index contributed by atoms with van der Waals surface area (Å²) < 4.78 is 31.5. The Morgan fingerprint density at radius 2 is 1.87 bits per heavy atom. The van der Waals surface area contributed by atoms with E-state index in [1.54, 1.807) is 0 Å². The van der Waals surface area contributed by atoms with Gasteiger partial charge in [0.2, 0.25) is 0 Å². The van der Waals surface area contributed by atoms with Crippen LogP contribution in [0.5, 0.6) is 0 Å². The van der Waals surface area contributed by atoms with Crippen LogP contribution >= 0.6 is 0 Å². The van der Waals surface area contributed by atoms with Gasteiger partial charge >= 0.3 is 0 Å². The summed E-state index contributed by atoms with van der Waals surface area (Å²) in [6.07, 6.45) is 1.44. The molecule has 0 spiro atoms. The van der Waals surface area contributed by atoms with Crippen LogP contribution in [-0.2, 0) is 14.9 Å². The van der Waals surface area contributed by atoms with E-state index in [1.807, 2.05) is 20.8 Å². The molecule has 1 unspecified atom stereocenters. The molecule has 15 heavy (non-hydrogen) atoms. The summed E-state index contributed by atoms with van der Waals surface area (Å²) >= 11 is 0. The molecule has 3 atom stereocenters. The summed E-state index contributed by atoms with van der Waals surface area (Å²) in [7, 11) is -4.24. The number of fused-ring (bicyclic) bond motifs is 2. The Morgan fingerprint density at radius 1 is 1.33 bits per heavy atom. The predicted octanol–water partition coefficient (Wildman–Crippen LogP) is 1.27. The Labute approximate surface area is 89.8 Å². The lowest BCUT2D eigenvalue weighted by atomic mass is 9.70. The molecule has 0 heterocycles. The lowest BCUT2D eigenvalue weighted by Crippen LogP contribution is -2.38. The Hall–Kier alpha value is -0.420. The fourth-order valence-electron chi connectivity index (χ4n) is 3.35. The third-order valence-corrected chi connectivity index (χ3v) is 5.98. The molecule has 2 aliphatic rings. The SMILES string of the molecule is CC1(C)[C@@H]2CC[C@@]1(C)C(=O)C2S(=O)(=O)O. The average molecular weight is 232 g/mol. The second kappa shape index (κ2) is 2.63. The predicted molar refractivity (Wildman–Crippen MR) is 55.0 cm³/mol. The second-order valence-corrected chi connectivity index (χ2v) is 7.04. The summed E-state index contributed by atoms with van der Waals surface area (Å²) in [5.74, 6) is -0.531. The van der Waals surface area contributed by atoms with Gasteiger partial charge in [-0.05, 0) is 24.2 Å². The molecule has 2 saturated carbocycles. The number of hydrogen-bond donors (Lipinski definition) is 1. The van der Waals surface area contributed by atoms with Gasteiger partial charge in [-0.25, -0.2) is 0 Å². The molecule has 0 saturated heterocycles. The smallest absolute Gasteiger partial charge is 0.275 e. The molecule has 0 radical (unpaired) electrons. The van der Waals surface area contributed by atoms with Crippen LogP contribution in [0.4, 0.5) is 0 Å². The molecule has 2 aliphatic carbocycles. The Kier molecular flexibility index (Phi) is 1.94. The van der Waals surface area contributed by atoms with Gasteiger partial charge in [-0.2, -0.15) is 8.42 Å². The van der Waals surface area contributed by atoms with E-state index in [2.05, 4.69) is 0 Å². The summed E-state index contributed by atoms with van der Waals surface area (Å²) in [5.41, 5.74) is -0.914. The van der Waals surface area contributed by atoms with E-state index in [1.165, 1.54) is 0 Å². The third kappa shape index (κ3) is 1.11. The minimum absolute atomic E-state index is 0.231. The lowest BCUT2D eigenvalue weighted by molar-refractivity contribution is -0.128. The van der Waals surface area contributed by atoms with Crippen LogP contribution in [0.2, 0.25) is 0 Å². The van der Waals surface area contributed by atoms with E-state index in [9.17, 15) is 13.2 Å². The van der Waals surface area contributed by atoms with E-state index >= 15 is 0 Å². The van der Waals surface area contributed by atoms with Crippen molar-refractivity contribution in [2.24, 2.45) is 16.7 Å². The number of hydrogen-bond acceptors (Lipinski definition) is 3. The molecular formula is C10H16O4S. The van der Waals surface area contributed by atoms with Crippen LogP contribution < -0.4 is 0 Å². The van der Waals surface area contributed by atoms with Crippen molar-refractivity contribution in [1.82, 2.24) is 0 Å². The van der Waals surface area contributed by atoms with E-state index in [0.717, 1.165) is 6.42 Å². The van der Waals surface area contributed by atoms with Crippen LogP contribution in [0.1, 0.15) is 33.6 Å². The first kappa shape index (κ1) is 11.1. The highest BCUT2D eigenvalue weighted by Crippen LogP contribution is 2.64. The van der Waals surface area contributed by atoms with Gasteiger partial charge < -0.3 is 0 Å². The molecule has 0 amide bonds. The Balaban J connectivity index is 2.57. The van der Waals surface area contributed by atoms with Gasteiger partial charge in [-0.3, -0.25) is 9.35 Å². The molecule has 1 N–H and O–H groups in total. The first-order chi connectivity index (χ1) is 6.62. The quantitative estimate of drug-likeness (QED) is 0.691. The Bertz CT molecular complexity index is 423. The monoisotopic (exact) mass is 232 g/mol. The number of ketones is 1. The maximum atomic E-state index is 12.0. The first-order valence-electron chi connectivity index (χ1n) is 5.13. The Morgan fingerprint density at radius 3 is 2.13 bits per heavy atom. The standard InChI is InChI=1S/C10H16O4S/c1-9(2)6-4-5-10(9,3)8(11)7(6)15(12,13)14/h6-7H,4-5H2,1-3H3,(H,12,13,14)/t6-,7?,10+/m1/s1. The zero-order valence-electron chi connectivity index (χ0n) is 9.15. The summed E-state index contributed by atoms with van der Waals surface area (Å²) in [6.45, 7) is 5.67. The highest BCUT2D eigenvalue weighted by Gasteiger charge is 2.69. The average Bonchev–Trinajstić information content (AvgIpc) is 2.33. The van der Waals surface area contributed by atoms with Crippen molar-refractivity contribution in [3.05, 3.63) is 0 Å². The van der Waals surface area contributed by atoms with E-state index < -0.39 is 20.8 Å². The number of rotatable bonds is 1. The maximum Gasteiger partial charge on any atom is 0.275 e. The van der Waals surface area contributed by atoms with E-state index in [-0.39, 0.29) is 17.1 Å². The van der Waals surface area contributed by atoms with Crippen LogP contribution in [0, 0.1) is 16.7 Å². The minimum Gasteiger partial charge on any atom is -0.297 e.